The van der Waals surface area contributed by atoms with Gasteiger partial charge in [0.1, 0.15) is 0 Å². The van der Waals surface area contributed by atoms with Gasteiger partial charge in [-0.25, -0.2) is 0 Å². The van der Waals surface area contributed by atoms with Crippen molar-refractivity contribution in [1.82, 2.24) is 4.57 Å². The lowest BCUT2D eigenvalue weighted by Gasteiger charge is -2.08. The van der Waals surface area contributed by atoms with E-state index in [2.05, 4.69) is 13.8 Å². The van der Waals surface area contributed by atoms with Crippen molar-refractivity contribution in [2.45, 2.75) is 26.3 Å². The van der Waals surface area contributed by atoms with E-state index < -0.39 is 0 Å². The van der Waals surface area contributed by atoms with Gasteiger partial charge < -0.3 is 10.2 Å². The van der Waals surface area contributed by atoms with Crippen molar-refractivity contribution in [2.75, 3.05) is 0 Å². The number of carbonyl (C=O) groups excluding carboxylic acids is 1. The average molecular weight is 259 g/mol. The van der Waals surface area contributed by atoms with E-state index in [0.29, 0.717) is 11.5 Å². The lowest BCUT2D eigenvalue weighted by atomic mass is 10.0. The molecule has 4 heteroatoms. The van der Waals surface area contributed by atoms with Gasteiger partial charge in [-0.2, -0.15) is 0 Å². The molecule has 0 spiro atoms. The van der Waals surface area contributed by atoms with Crippen LogP contribution in [0.15, 0.2) is 36.4 Å². The van der Waals surface area contributed by atoms with Gasteiger partial charge in [0.25, 0.3) is 0 Å². The Bertz CT molecular complexity index is 562. The molecule has 0 unspecified atom stereocenters. The van der Waals surface area contributed by atoms with E-state index in [1.165, 1.54) is 22.3 Å². The SMILES string of the molecule is CC(C)c1ccc(C(=O)Cn2c(O)ccc2O)cc1. The van der Waals surface area contributed by atoms with Gasteiger partial charge in [-0.3, -0.25) is 9.36 Å². The lowest BCUT2D eigenvalue weighted by Crippen LogP contribution is -2.09. The van der Waals surface area contributed by atoms with E-state index >= 15 is 0 Å². The van der Waals surface area contributed by atoms with Gasteiger partial charge in [0.15, 0.2) is 17.5 Å². The van der Waals surface area contributed by atoms with Crippen LogP contribution in [0.25, 0.3) is 0 Å². The van der Waals surface area contributed by atoms with E-state index in [9.17, 15) is 15.0 Å². The molecule has 0 fully saturated rings. The van der Waals surface area contributed by atoms with Crippen LogP contribution < -0.4 is 0 Å². The molecule has 0 saturated carbocycles. The van der Waals surface area contributed by atoms with Crippen molar-refractivity contribution in [3.63, 3.8) is 0 Å². The van der Waals surface area contributed by atoms with Gasteiger partial charge in [-0.1, -0.05) is 38.1 Å². The summed E-state index contributed by atoms with van der Waals surface area (Å²) >= 11 is 0. The summed E-state index contributed by atoms with van der Waals surface area (Å²) < 4.78 is 1.17. The first kappa shape index (κ1) is 13.2. The molecule has 1 aromatic carbocycles. The summed E-state index contributed by atoms with van der Waals surface area (Å²) in [5.74, 6) is 0.0214. The zero-order valence-corrected chi connectivity index (χ0v) is 11.0. The van der Waals surface area contributed by atoms with Crippen LogP contribution in [0.4, 0.5) is 0 Å². The molecular formula is C15H17NO3. The van der Waals surface area contributed by atoms with Crippen molar-refractivity contribution in [1.29, 1.82) is 0 Å². The smallest absolute Gasteiger partial charge is 0.194 e. The normalized spacial score (nSPS) is 10.9. The fraction of sp³-hybridized carbons (Fsp3) is 0.267. The Morgan fingerprint density at radius 2 is 1.58 bits per heavy atom. The van der Waals surface area contributed by atoms with Crippen molar-refractivity contribution in [3.05, 3.63) is 47.5 Å². The number of benzene rings is 1. The van der Waals surface area contributed by atoms with E-state index in [-0.39, 0.29) is 24.1 Å². The Labute approximate surface area is 111 Å². The second-order valence-corrected chi connectivity index (χ2v) is 4.84. The van der Waals surface area contributed by atoms with Crippen LogP contribution in [-0.2, 0) is 6.54 Å². The largest absolute Gasteiger partial charge is 0.494 e. The van der Waals surface area contributed by atoms with Gasteiger partial charge >= 0.3 is 0 Å². The summed E-state index contributed by atoms with van der Waals surface area (Å²) in [6.45, 7) is 4.10. The number of ketones is 1. The Morgan fingerprint density at radius 1 is 1.05 bits per heavy atom. The number of aromatic hydroxyl groups is 2. The molecule has 2 aromatic rings. The minimum Gasteiger partial charge on any atom is -0.494 e. The molecule has 0 radical (unpaired) electrons. The number of aromatic nitrogens is 1. The van der Waals surface area contributed by atoms with Crippen LogP contribution in [0.3, 0.4) is 0 Å². The van der Waals surface area contributed by atoms with Crippen LogP contribution in [0, 0.1) is 0 Å². The summed E-state index contributed by atoms with van der Waals surface area (Å²) in [6, 6.07) is 10.1. The first-order valence-electron chi connectivity index (χ1n) is 6.19. The molecule has 0 atom stereocenters. The first-order chi connectivity index (χ1) is 8.99. The molecule has 4 nitrogen and oxygen atoms in total. The van der Waals surface area contributed by atoms with E-state index in [1.807, 2.05) is 12.1 Å². The van der Waals surface area contributed by atoms with E-state index in [0.717, 1.165) is 0 Å². The molecule has 0 saturated heterocycles. The Hall–Kier alpha value is -2.23. The Morgan fingerprint density at radius 3 is 2.05 bits per heavy atom. The molecule has 100 valence electrons. The molecule has 19 heavy (non-hydrogen) atoms. The van der Waals surface area contributed by atoms with Crippen LogP contribution >= 0.6 is 0 Å². The molecule has 0 aliphatic heterocycles. The highest BCUT2D eigenvalue weighted by atomic mass is 16.3. The quantitative estimate of drug-likeness (QED) is 0.830. The average Bonchev–Trinajstić information content (AvgIpc) is 2.70. The predicted molar refractivity (Wildman–Crippen MR) is 72.6 cm³/mol. The predicted octanol–water partition coefficient (Wildman–Crippen LogP) is 2.91. The fourth-order valence-corrected chi connectivity index (χ4v) is 1.90. The molecule has 2 rings (SSSR count). The van der Waals surface area contributed by atoms with Crippen LogP contribution in [0.5, 0.6) is 11.8 Å². The molecule has 0 amide bonds. The Kier molecular flexibility index (Phi) is 3.60. The summed E-state index contributed by atoms with van der Waals surface area (Å²) in [6.07, 6.45) is 0. The first-order valence-corrected chi connectivity index (χ1v) is 6.19. The number of carbonyl (C=O) groups is 1. The minimum absolute atomic E-state index is 0.0777. The minimum atomic E-state index is -0.155. The molecular weight excluding hydrogens is 242 g/mol. The summed E-state index contributed by atoms with van der Waals surface area (Å²) in [5, 5.41) is 19.0. The monoisotopic (exact) mass is 259 g/mol. The fourth-order valence-electron chi connectivity index (χ4n) is 1.90. The molecule has 1 aromatic heterocycles. The summed E-state index contributed by atoms with van der Waals surface area (Å²) in [5.41, 5.74) is 1.74. The second kappa shape index (κ2) is 5.18. The third-order valence-corrected chi connectivity index (χ3v) is 3.14. The molecule has 0 bridgehead atoms. The van der Waals surface area contributed by atoms with Crippen molar-refractivity contribution in [2.24, 2.45) is 0 Å². The van der Waals surface area contributed by atoms with Gasteiger partial charge in [0.05, 0.1) is 6.54 Å². The number of hydrogen-bond acceptors (Lipinski definition) is 3. The van der Waals surface area contributed by atoms with Gasteiger partial charge in [0, 0.05) is 17.7 Å². The third kappa shape index (κ3) is 2.78. The maximum absolute atomic E-state index is 12.1. The maximum Gasteiger partial charge on any atom is 0.194 e. The zero-order valence-electron chi connectivity index (χ0n) is 11.0. The lowest BCUT2D eigenvalue weighted by molar-refractivity contribution is 0.0965. The zero-order chi connectivity index (χ0) is 14.0. The molecule has 0 aliphatic carbocycles. The van der Waals surface area contributed by atoms with Crippen LogP contribution in [-0.4, -0.2) is 20.6 Å². The van der Waals surface area contributed by atoms with E-state index in [4.69, 9.17) is 0 Å². The van der Waals surface area contributed by atoms with Gasteiger partial charge in [-0.05, 0) is 11.5 Å². The topological polar surface area (TPSA) is 62.5 Å². The molecule has 1 heterocycles. The Balaban J connectivity index is 2.16. The third-order valence-electron chi connectivity index (χ3n) is 3.14. The highest BCUT2D eigenvalue weighted by molar-refractivity contribution is 5.96. The summed E-state index contributed by atoms with van der Waals surface area (Å²) in [7, 11) is 0. The standard InChI is InChI=1S/C15H17NO3/c1-10(2)11-3-5-12(6-4-11)13(17)9-16-14(18)7-8-15(16)19/h3-8,10,18-19H,9H2,1-2H3. The summed E-state index contributed by atoms with van der Waals surface area (Å²) in [4.78, 5) is 12.1. The number of rotatable bonds is 4. The van der Waals surface area contributed by atoms with Crippen LogP contribution in [0.2, 0.25) is 0 Å². The van der Waals surface area contributed by atoms with Crippen molar-refractivity contribution in [3.8, 4) is 11.8 Å². The van der Waals surface area contributed by atoms with Crippen LogP contribution in [0.1, 0.15) is 35.7 Å². The highest BCUT2D eigenvalue weighted by Gasteiger charge is 2.12. The highest BCUT2D eigenvalue weighted by Crippen LogP contribution is 2.22. The number of Topliss-reactive ketones (excluding diaryl/α,β-unsaturated/α-hetero) is 1. The van der Waals surface area contributed by atoms with Gasteiger partial charge in [0.2, 0.25) is 0 Å². The number of hydrogen-bond donors (Lipinski definition) is 2. The maximum atomic E-state index is 12.1. The number of nitrogens with zero attached hydrogens (tertiary/aromatic N) is 1. The van der Waals surface area contributed by atoms with Crippen molar-refractivity contribution < 1.29 is 15.0 Å². The molecule has 2 N–H and O–H groups in total. The van der Waals surface area contributed by atoms with E-state index in [1.54, 1.807) is 12.1 Å². The molecule has 0 aliphatic rings. The van der Waals surface area contributed by atoms with Crippen molar-refractivity contribution >= 4 is 5.78 Å². The second-order valence-electron chi connectivity index (χ2n) is 4.84. The van der Waals surface area contributed by atoms with Gasteiger partial charge in [-0.15, -0.1) is 0 Å².